The van der Waals surface area contributed by atoms with Crippen LogP contribution in [-0.2, 0) is 23.9 Å². The van der Waals surface area contributed by atoms with Gasteiger partial charge in [-0.15, -0.1) is 0 Å². The molecule has 2 heterocycles. The third-order valence-electron chi connectivity index (χ3n) is 2.34. The van der Waals surface area contributed by atoms with Crippen LogP contribution in [0.15, 0.2) is 23.8 Å². The zero-order valence-electron chi connectivity index (χ0n) is 10.9. The Bertz CT molecular complexity index is 494. The van der Waals surface area contributed by atoms with Crippen molar-refractivity contribution in [3.8, 4) is 0 Å². The second-order valence-electron chi connectivity index (χ2n) is 3.87. The number of aliphatic hydroxyl groups is 2. The number of hydrogen-bond donors (Lipinski definition) is 4. The zero-order chi connectivity index (χ0) is 15.8. The van der Waals surface area contributed by atoms with Crippen LogP contribution in [0.1, 0.15) is 0 Å². The van der Waals surface area contributed by atoms with E-state index in [0.717, 1.165) is 6.08 Å². The van der Waals surface area contributed by atoms with E-state index in [1.165, 1.54) is 12.2 Å². The minimum atomic E-state index is -0.853. The van der Waals surface area contributed by atoms with Crippen LogP contribution in [0, 0.1) is 0 Å². The van der Waals surface area contributed by atoms with E-state index in [1.807, 2.05) is 10.6 Å². The van der Waals surface area contributed by atoms with Crippen LogP contribution in [0.3, 0.4) is 0 Å². The molecule has 1 atom stereocenters. The molecule has 4 amide bonds. The van der Waals surface area contributed by atoms with Gasteiger partial charge in [0.1, 0.15) is 6.10 Å². The van der Waals surface area contributed by atoms with Crippen molar-refractivity contribution in [3.63, 3.8) is 0 Å². The van der Waals surface area contributed by atoms with Crippen molar-refractivity contribution in [2.24, 2.45) is 0 Å². The second kappa shape index (κ2) is 8.04. The van der Waals surface area contributed by atoms with Gasteiger partial charge in [-0.2, -0.15) is 0 Å². The summed E-state index contributed by atoms with van der Waals surface area (Å²) in [7, 11) is 0. The van der Waals surface area contributed by atoms with E-state index in [4.69, 9.17) is 14.9 Å². The monoisotopic (exact) mass is 298 g/mol. The molecule has 0 bridgehead atoms. The van der Waals surface area contributed by atoms with Crippen molar-refractivity contribution < 1.29 is 34.1 Å². The number of rotatable bonds is 5. The maximum atomic E-state index is 11.1. The van der Waals surface area contributed by atoms with Gasteiger partial charge in [-0.05, 0) is 0 Å². The maximum Gasteiger partial charge on any atom is 0.256 e. The van der Waals surface area contributed by atoms with Crippen molar-refractivity contribution in [3.05, 3.63) is 23.8 Å². The number of nitrogens with one attached hydrogen (secondary N) is 2. The Hall–Kier alpha value is -2.36. The summed E-state index contributed by atoms with van der Waals surface area (Å²) in [5.41, 5.74) is 0.0888. The van der Waals surface area contributed by atoms with Gasteiger partial charge in [0.25, 0.3) is 23.6 Å². The molecule has 21 heavy (non-hydrogen) atoms. The van der Waals surface area contributed by atoms with Gasteiger partial charge in [-0.1, -0.05) is 0 Å². The van der Waals surface area contributed by atoms with Crippen LogP contribution in [0.4, 0.5) is 0 Å². The predicted octanol–water partition coefficient (Wildman–Crippen LogP) is -2.86. The summed E-state index contributed by atoms with van der Waals surface area (Å²) in [4.78, 5) is 41.9. The first-order chi connectivity index (χ1) is 9.97. The van der Waals surface area contributed by atoms with Crippen LogP contribution < -0.4 is 10.6 Å². The Morgan fingerprint density at radius 2 is 1.62 bits per heavy atom. The van der Waals surface area contributed by atoms with Crippen LogP contribution in [0.25, 0.3) is 0 Å². The number of hydrogen-bond acceptors (Lipinski definition) is 7. The first kappa shape index (κ1) is 16.7. The third-order valence-corrected chi connectivity index (χ3v) is 2.34. The lowest BCUT2D eigenvalue weighted by Gasteiger charge is -2.13. The fourth-order valence-corrected chi connectivity index (χ4v) is 1.46. The van der Waals surface area contributed by atoms with Gasteiger partial charge in [-0.3, -0.25) is 29.8 Å². The lowest BCUT2D eigenvalue weighted by molar-refractivity contribution is -0.125. The van der Waals surface area contributed by atoms with E-state index in [1.54, 1.807) is 0 Å². The van der Waals surface area contributed by atoms with Gasteiger partial charge in [0.2, 0.25) is 0 Å². The first-order valence-corrected chi connectivity index (χ1v) is 5.91. The minimum absolute atomic E-state index is 0.00401. The highest BCUT2D eigenvalue weighted by molar-refractivity contribution is 6.16. The van der Waals surface area contributed by atoms with E-state index in [9.17, 15) is 19.2 Å². The van der Waals surface area contributed by atoms with Crippen LogP contribution in [-0.4, -0.2) is 59.8 Å². The summed E-state index contributed by atoms with van der Waals surface area (Å²) in [5.74, 6) is -1.74. The quantitative estimate of drug-likeness (QED) is 0.400. The summed E-state index contributed by atoms with van der Waals surface area (Å²) in [6.07, 6.45) is 2.62. The molecular weight excluding hydrogens is 284 g/mol. The molecule has 0 saturated heterocycles. The fraction of sp³-hybridized carbons (Fsp3) is 0.333. The van der Waals surface area contributed by atoms with E-state index < -0.39 is 24.5 Å². The molecule has 0 radical (unpaired) electrons. The summed E-state index contributed by atoms with van der Waals surface area (Å²) in [6, 6.07) is 0. The molecule has 0 aliphatic carbocycles. The Labute approximate surface area is 119 Å². The fourth-order valence-electron chi connectivity index (χ4n) is 1.46. The van der Waals surface area contributed by atoms with Gasteiger partial charge >= 0.3 is 0 Å². The van der Waals surface area contributed by atoms with Gasteiger partial charge in [0, 0.05) is 18.2 Å². The van der Waals surface area contributed by atoms with Crippen molar-refractivity contribution >= 4 is 23.6 Å². The van der Waals surface area contributed by atoms with Crippen LogP contribution in [0.5, 0.6) is 0 Å². The lowest BCUT2D eigenvalue weighted by Crippen LogP contribution is -2.30. The zero-order valence-corrected chi connectivity index (χ0v) is 10.9. The number of imide groups is 2. The largest absolute Gasteiger partial charge is 0.394 e. The summed E-state index contributed by atoms with van der Waals surface area (Å²) in [6.45, 7) is -0.615. The smallest absolute Gasteiger partial charge is 0.256 e. The molecule has 4 N–H and O–H groups in total. The van der Waals surface area contributed by atoms with Crippen LogP contribution >= 0.6 is 0 Å². The Kier molecular flexibility index (Phi) is 6.40. The van der Waals surface area contributed by atoms with Gasteiger partial charge in [0.15, 0.2) is 0 Å². The highest BCUT2D eigenvalue weighted by Gasteiger charge is 2.28. The molecule has 0 aromatic rings. The van der Waals surface area contributed by atoms with E-state index in [-0.39, 0.29) is 30.6 Å². The molecule has 2 aliphatic heterocycles. The summed E-state index contributed by atoms with van der Waals surface area (Å²) >= 11 is 0. The van der Waals surface area contributed by atoms with Crippen molar-refractivity contribution in [2.45, 2.75) is 6.10 Å². The lowest BCUT2D eigenvalue weighted by atomic mass is 10.1. The van der Waals surface area contributed by atoms with E-state index in [2.05, 4.69) is 0 Å². The number of ether oxygens (including phenoxy) is 1. The van der Waals surface area contributed by atoms with Crippen LogP contribution in [0.2, 0.25) is 0 Å². The molecule has 2 rings (SSSR count). The molecule has 9 nitrogen and oxygen atoms in total. The first-order valence-electron chi connectivity index (χ1n) is 5.91. The molecule has 0 aromatic heterocycles. The minimum Gasteiger partial charge on any atom is -0.394 e. The number of carbonyl (C=O) groups excluding carboxylic acids is 4. The third kappa shape index (κ3) is 5.26. The molecule has 0 fully saturated rings. The Morgan fingerprint density at radius 1 is 1.00 bits per heavy atom. The molecule has 9 heteroatoms. The van der Waals surface area contributed by atoms with Crippen molar-refractivity contribution in [1.82, 2.24) is 10.6 Å². The average molecular weight is 298 g/mol. The van der Waals surface area contributed by atoms with E-state index in [0.29, 0.717) is 0 Å². The van der Waals surface area contributed by atoms with Gasteiger partial charge in [0.05, 0.1) is 25.4 Å². The average Bonchev–Trinajstić information content (AvgIpc) is 2.97. The molecular formula is C12H14N2O7. The molecule has 0 saturated carbocycles. The topological polar surface area (TPSA) is 142 Å². The highest BCUT2D eigenvalue weighted by Crippen LogP contribution is 2.11. The van der Waals surface area contributed by atoms with Gasteiger partial charge in [-0.25, -0.2) is 0 Å². The van der Waals surface area contributed by atoms with Gasteiger partial charge < -0.3 is 14.9 Å². The highest BCUT2D eigenvalue weighted by atomic mass is 16.5. The Balaban J connectivity index is 0.000000262. The molecule has 1 unspecified atom stereocenters. The molecule has 2 aliphatic rings. The summed E-state index contributed by atoms with van der Waals surface area (Å²) < 4.78 is 4.96. The molecule has 114 valence electrons. The SMILES string of the molecule is O=C1C=C(C(CO)OCCO)C(=O)N1.O=C1C=CC(=O)N1. The second-order valence-corrected chi connectivity index (χ2v) is 3.87. The Morgan fingerprint density at radius 3 is 1.95 bits per heavy atom. The van der Waals surface area contributed by atoms with Crippen molar-refractivity contribution in [2.75, 3.05) is 19.8 Å². The predicted molar refractivity (Wildman–Crippen MR) is 67.4 cm³/mol. The molecule has 0 spiro atoms. The number of carbonyl (C=O) groups is 4. The summed E-state index contributed by atoms with van der Waals surface area (Å²) in [5, 5.41) is 21.4. The van der Waals surface area contributed by atoms with Crippen molar-refractivity contribution in [1.29, 1.82) is 0 Å². The number of aliphatic hydroxyl groups excluding tert-OH is 2. The normalized spacial score (nSPS) is 17.9. The number of amides is 4. The maximum absolute atomic E-state index is 11.1. The van der Waals surface area contributed by atoms with E-state index >= 15 is 0 Å². The molecule has 0 aromatic carbocycles. The standard InChI is InChI=1S/C8H11NO5.C4H3NO2/c10-1-2-14-6(4-11)5-3-7(12)9-8(5)13;6-3-1-2-4(7)5-3/h3,6,10-11H,1-2,4H2,(H,9,12,13);1-2H,(H,5,6,7).